The number of nitrogens with zero attached hydrogens (tertiary/aromatic N) is 3. The first-order chi connectivity index (χ1) is 8.19. The zero-order valence-electron chi connectivity index (χ0n) is 8.68. The second-order valence-corrected chi connectivity index (χ2v) is 3.26. The van der Waals surface area contributed by atoms with Crippen molar-refractivity contribution >= 4 is 17.3 Å². The van der Waals surface area contributed by atoms with Crippen LogP contribution in [0.2, 0.25) is 0 Å². The smallest absolute Gasteiger partial charge is 0.149 e. The van der Waals surface area contributed by atoms with Crippen LogP contribution in [0, 0.1) is 17.1 Å². The van der Waals surface area contributed by atoms with E-state index in [0.717, 1.165) is 0 Å². The summed E-state index contributed by atoms with van der Waals surface area (Å²) in [5.74, 6) is 0.225. The fourth-order valence-electron chi connectivity index (χ4n) is 1.24. The topological polar surface area (TPSA) is 87.6 Å². The molecule has 2 rings (SSSR count). The lowest BCUT2D eigenvalue weighted by Gasteiger charge is -2.05. The number of benzene rings is 1. The van der Waals surface area contributed by atoms with Crippen LogP contribution < -0.4 is 11.1 Å². The van der Waals surface area contributed by atoms with Gasteiger partial charge in [0, 0.05) is 5.69 Å². The van der Waals surface area contributed by atoms with E-state index in [9.17, 15) is 4.39 Å². The first-order valence-corrected chi connectivity index (χ1v) is 4.73. The Morgan fingerprint density at radius 3 is 2.76 bits per heavy atom. The summed E-state index contributed by atoms with van der Waals surface area (Å²) in [4.78, 5) is 7.83. The third-order valence-corrected chi connectivity index (χ3v) is 2.03. The Kier molecular flexibility index (Phi) is 2.83. The van der Waals surface area contributed by atoms with E-state index in [1.54, 1.807) is 6.07 Å². The molecule has 0 saturated heterocycles. The molecule has 0 amide bonds. The predicted molar refractivity (Wildman–Crippen MR) is 60.8 cm³/mol. The van der Waals surface area contributed by atoms with Crippen LogP contribution in [0.15, 0.2) is 30.6 Å². The molecular formula is C11H8FN5. The van der Waals surface area contributed by atoms with Crippen LogP contribution in [0.1, 0.15) is 5.56 Å². The minimum Gasteiger partial charge on any atom is -0.382 e. The Hall–Kier alpha value is -2.68. The van der Waals surface area contributed by atoms with Crippen LogP contribution in [-0.2, 0) is 0 Å². The van der Waals surface area contributed by atoms with Crippen LogP contribution in [-0.4, -0.2) is 9.97 Å². The van der Waals surface area contributed by atoms with Crippen molar-refractivity contribution in [2.24, 2.45) is 0 Å². The number of hydrogen-bond acceptors (Lipinski definition) is 5. The maximum atomic E-state index is 13.1. The van der Waals surface area contributed by atoms with E-state index >= 15 is 0 Å². The number of nitrogen functional groups attached to an aromatic ring is 1. The summed E-state index contributed by atoms with van der Waals surface area (Å²) in [6.07, 6.45) is 2.85. The number of hydrogen-bond donors (Lipinski definition) is 2. The van der Waals surface area contributed by atoms with Crippen molar-refractivity contribution in [2.75, 3.05) is 11.1 Å². The predicted octanol–water partition coefficient (Wildman–Crippen LogP) is 1.81. The zero-order chi connectivity index (χ0) is 12.3. The average Bonchev–Trinajstić information content (AvgIpc) is 2.34. The summed E-state index contributed by atoms with van der Waals surface area (Å²) < 4.78 is 13.1. The Morgan fingerprint density at radius 2 is 2.12 bits per heavy atom. The summed E-state index contributed by atoms with van der Waals surface area (Å²) >= 11 is 0. The molecule has 84 valence electrons. The highest BCUT2D eigenvalue weighted by Crippen LogP contribution is 2.17. The van der Waals surface area contributed by atoms with Crippen molar-refractivity contribution in [3.05, 3.63) is 42.0 Å². The minimum absolute atomic E-state index is 0.0293. The number of nitriles is 1. The van der Waals surface area contributed by atoms with Gasteiger partial charge in [0.2, 0.25) is 0 Å². The molecule has 0 fully saturated rings. The van der Waals surface area contributed by atoms with Gasteiger partial charge in [0.25, 0.3) is 0 Å². The van der Waals surface area contributed by atoms with E-state index in [2.05, 4.69) is 15.3 Å². The maximum absolute atomic E-state index is 13.1. The highest BCUT2D eigenvalue weighted by molar-refractivity contribution is 5.58. The molecule has 6 heteroatoms. The van der Waals surface area contributed by atoms with Gasteiger partial charge in [0.1, 0.15) is 23.5 Å². The fourth-order valence-corrected chi connectivity index (χ4v) is 1.24. The highest BCUT2D eigenvalue weighted by atomic mass is 19.1. The third kappa shape index (κ3) is 2.46. The number of anilines is 3. The van der Waals surface area contributed by atoms with Crippen molar-refractivity contribution < 1.29 is 4.39 Å². The highest BCUT2D eigenvalue weighted by Gasteiger charge is 2.03. The van der Waals surface area contributed by atoms with Crippen molar-refractivity contribution in [1.82, 2.24) is 9.97 Å². The molecular weight excluding hydrogens is 221 g/mol. The van der Waals surface area contributed by atoms with E-state index in [-0.39, 0.29) is 5.56 Å². The summed E-state index contributed by atoms with van der Waals surface area (Å²) in [6, 6.07) is 5.88. The first kappa shape index (κ1) is 10.8. The van der Waals surface area contributed by atoms with E-state index < -0.39 is 5.82 Å². The molecule has 5 nitrogen and oxygen atoms in total. The molecule has 1 aromatic carbocycles. The zero-order valence-corrected chi connectivity index (χ0v) is 8.68. The molecule has 0 unspecified atom stereocenters. The summed E-state index contributed by atoms with van der Waals surface area (Å²) in [6.45, 7) is 0. The number of halogens is 1. The van der Waals surface area contributed by atoms with Gasteiger partial charge in [-0.25, -0.2) is 14.4 Å². The van der Waals surface area contributed by atoms with Gasteiger partial charge in [-0.15, -0.1) is 0 Å². The molecule has 1 aromatic heterocycles. The molecule has 17 heavy (non-hydrogen) atoms. The molecule has 0 aliphatic carbocycles. The second-order valence-electron chi connectivity index (χ2n) is 3.26. The third-order valence-electron chi connectivity index (χ3n) is 2.03. The van der Waals surface area contributed by atoms with E-state index in [1.807, 2.05) is 0 Å². The number of aromatic nitrogens is 2. The van der Waals surface area contributed by atoms with Crippen molar-refractivity contribution in [3.8, 4) is 6.07 Å². The molecule has 0 atom stereocenters. The van der Waals surface area contributed by atoms with E-state index in [0.29, 0.717) is 17.3 Å². The first-order valence-electron chi connectivity index (χ1n) is 4.73. The van der Waals surface area contributed by atoms with Crippen molar-refractivity contribution in [2.45, 2.75) is 0 Å². The average molecular weight is 229 g/mol. The van der Waals surface area contributed by atoms with Gasteiger partial charge < -0.3 is 11.1 Å². The van der Waals surface area contributed by atoms with E-state index in [1.165, 1.54) is 30.6 Å². The molecule has 1 heterocycles. The normalized spacial score (nSPS) is 9.65. The molecule has 0 aliphatic heterocycles. The monoisotopic (exact) mass is 229 g/mol. The number of nitrogens with one attached hydrogen (secondary N) is 1. The molecule has 3 N–H and O–H groups in total. The number of rotatable bonds is 2. The van der Waals surface area contributed by atoms with Gasteiger partial charge in [-0.3, -0.25) is 0 Å². The molecule has 0 spiro atoms. The lowest BCUT2D eigenvalue weighted by atomic mass is 10.2. The van der Waals surface area contributed by atoms with Gasteiger partial charge in [0.15, 0.2) is 0 Å². The van der Waals surface area contributed by atoms with Crippen molar-refractivity contribution in [1.29, 1.82) is 5.26 Å². The lowest BCUT2D eigenvalue weighted by molar-refractivity contribution is 0.624. The Balaban J connectivity index is 2.25. The lowest BCUT2D eigenvalue weighted by Crippen LogP contribution is -1.97. The fraction of sp³-hybridized carbons (Fsp3) is 0. The van der Waals surface area contributed by atoms with Crippen molar-refractivity contribution in [3.63, 3.8) is 0 Å². The standard InChI is InChI=1S/C11H8FN5/c12-9-2-1-8(3-7(9)4-13)17-11-6-15-10(14)5-16-11/h1-3,5-6H,(H2,14,15)(H,16,17). The van der Waals surface area contributed by atoms with Crippen LogP contribution in [0.3, 0.4) is 0 Å². The minimum atomic E-state index is -0.554. The van der Waals surface area contributed by atoms with Gasteiger partial charge >= 0.3 is 0 Å². The SMILES string of the molecule is N#Cc1cc(Nc2cnc(N)cn2)ccc1F. The van der Waals surface area contributed by atoms with Crippen LogP contribution in [0.5, 0.6) is 0 Å². The molecule has 0 saturated carbocycles. The quantitative estimate of drug-likeness (QED) is 0.819. The van der Waals surface area contributed by atoms with Gasteiger partial charge in [-0.2, -0.15) is 5.26 Å². The molecule has 0 radical (unpaired) electrons. The van der Waals surface area contributed by atoms with Gasteiger partial charge in [0.05, 0.1) is 18.0 Å². The Bertz CT molecular complexity index is 573. The maximum Gasteiger partial charge on any atom is 0.149 e. The Labute approximate surface area is 96.7 Å². The van der Waals surface area contributed by atoms with Crippen LogP contribution in [0.4, 0.5) is 21.7 Å². The van der Waals surface area contributed by atoms with Gasteiger partial charge in [-0.1, -0.05) is 0 Å². The van der Waals surface area contributed by atoms with Gasteiger partial charge in [-0.05, 0) is 18.2 Å². The number of nitrogens with two attached hydrogens (primary N) is 1. The summed E-state index contributed by atoms with van der Waals surface area (Å²) in [5, 5.41) is 11.6. The second kappa shape index (κ2) is 4.45. The van der Waals surface area contributed by atoms with Crippen LogP contribution >= 0.6 is 0 Å². The molecule has 0 aliphatic rings. The summed E-state index contributed by atoms with van der Waals surface area (Å²) in [7, 11) is 0. The molecule has 2 aromatic rings. The molecule has 0 bridgehead atoms. The van der Waals surface area contributed by atoms with Crippen LogP contribution in [0.25, 0.3) is 0 Å². The van der Waals surface area contributed by atoms with E-state index in [4.69, 9.17) is 11.0 Å². The Morgan fingerprint density at radius 1 is 1.29 bits per heavy atom. The largest absolute Gasteiger partial charge is 0.382 e. The summed E-state index contributed by atoms with van der Waals surface area (Å²) in [5.41, 5.74) is 5.92.